The van der Waals surface area contributed by atoms with Gasteiger partial charge in [0.2, 0.25) is 5.89 Å². The highest BCUT2D eigenvalue weighted by Crippen LogP contribution is 2.16. The van der Waals surface area contributed by atoms with Crippen molar-refractivity contribution >= 4 is 5.91 Å². The molecule has 7 nitrogen and oxygen atoms in total. The van der Waals surface area contributed by atoms with Gasteiger partial charge in [-0.3, -0.25) is 9.69 Å². The molecule has 134 valence electrons. The predicted octanol–water partition coefficient (Wildman–Crippen LogP) is 2.17. The Morgan fingerprint density at radius 3 is 2.76 bits per heavy atom. The molecule has 7 heteroatoms. The van der Waals surface area contributed by atoms with Crippen LogP contribution in [0.25, 0.3) is 0 Å². The molecule has 25 heavy (non-hydrogen) atoms. The number of carbonyl (C=O) groups excluding carboxylic acids is 1. The quantitative estimate of drug-likeness (QED) is 0.865. The highest BCUT2D eigenvalue weighted by Gasteiger charge is 2.23. The summed E-state index contributed by atoms with van der Waals surface area (Å²) >= 11 is 0. The summed E-state index contributed by atoms with van der Waals surface area (Å²) in [5.74, 6) is 1.17. The van der Waals surface area contributed by atoms with E-state index in [4.69, 9.17) is 9.26 Å². The molecule has 1 N–H and O–H groups in total. The lowest BCUT2D eigenvalue weighted by Gasteiger charge is -2.31. The van der Waals surface area contributed by atoms with Crippen LogP contribution in [-0.2, 0) is 11.3 Å². The molecule has 2 heterocycles. The first-order valence-corrected chi connectivity index (χ1v) is 8.59. The van der Waals surface area contributed by atoms with Gasteiger partial charge in [-0.15, -0.1) is 0 Å². The Labute approximate surface area is 147 Å². The zero-order valence-corrected chi connectivity index (χ0v) is 14.6. The number of rotatable bonds is 6. The molecule has 1 unspecified atom stereocenters. The molecule has 1 fully saturated rings. The maximum absolute atomic E-state index is 12.2. The van der Waals surface area contributed by atoms with Crippen molar-refractivity contribution in [2.24, 2.45) is 0 Å². The second-order valence-corrected chi connectivity index (χ2v) is 6.31. The SMILES string of the molecule is COC(C)c1noc(CN2CCC(NC(=O)c3ccccc3)CC2)n1. The topological polar surface area (TPSA) is 80.5 Å². The van der Waals surface area contributed by atoms with Crippen molar-refractivity contribution < 1.29 is 14.1 Å². The summed E-state index contributed by atoms with van der Waals surface area (Å²) in [5.41, 5.74) is 0.704. The number of methoxy groups -OCH3 is 1. The van der Waals surface area contributed by atoms with Gasteiger partial charge in [-0.05, 0) is 31.9 Å². The normalized spacial score (nSPS) is 17.4. The lowest BCUT2D eigenvalue weighted by atomic mass is 10.0. The highest BCUT2D eigenvalue weighted by molar-refractivity contribution is 5.94. The van der Waals surface area contributed by atoms with Gasteiger partial charge in [-0.2, -0.15) is 4.98 Å². The van der Waals surface area contributed by atoms with Gasteiger partial charge in [0.1, 0.15) is 6.10 Å². The van der Waals surface area contributed by atoms with E-state index in [1.165, 1.54) is 0 Å². The Morgan fingerprint density at radius 2 is 2.08 bits per heavy atom. The number of carbonyl (C=O) groups is 1. The number of aromatic nitrogens is 2. The average molecular weight is 344 g/mol. The van der Waals surface area contributed by atoms with Crippen LogP contribution >= 0.6 is 0 Å². The summed E-state index contributed by atoms with van der Waals surface area (Å²) in [6, 6.07) is 9.53. The van der Waals surface area contributed by atoms with Gasteiger partial charge in [0.15, 0.2) is 5.82 Å². The molecule has 0 spiro atoms. The minimum absolute atomic E-state index is 0.00542. The standard InChI is InChI=1S/C18H24N4O3/c1-13(24-2)17-20-16(25-21-17)12-22-10-8-15(9-11-22)19-18(23)14-6-4-3-5-7-14/h3-7,13,15H,8-12H2,1-2H3,(H,19,23). The number of nitrogens with zero attached hydrogens (tertiary/aromatic N) is 3. The largest absolute Gasteiger partial charge is 0.374 e. The van der Waals surface area contributed by atoms with Crippen molar-refractivity contribution in [1.29, 1.82) is 0 Å². The first-order chi connectivity index (χ1) is 12.2. The van der Waals surface area contributed by atoms with Crippen LogP contribution in [0.1, 0.15) is 47.9 Å². The highest BCUT2D eigenvalue weighted by atomic mass is 16.5. The van der Waals surface area contributed by atoms with E-state index in [9.17, 15) is 4.79 Å². The van der Waals surface area contributed by atoms with E-state index in [0.29, 0.717) is 23.8 Å². The Hall–Kier alpha value is -2.25. The number of piperidine rings is 1. The Bertz CT molecular complexity index is 681. The van der Waals surface area contributed by atoms with Crippen molar-refractivity contribution in [2.45, 2.75) is 38.5 Å². The van der Waals surface area contributed by atoms with Crippen molar-refractivity contribution in [3.63, 3.8) is 0 Å². The van der Waals surface area contributed by atoms with E-state index in [0.717, 1.165) is 25.9 Å². The number of hydrogen-bond donors (Lipinski definition) is 1. The Balaban J connectivity index is 1.46. The molecule has 1 aliphatic heterocycles. The Kier molecular flexibility index (Phi) is 5.78. The third-order valence-electron chi connectivity index (χ3n) is 4.52. The summed E-state index contributed by atoms with van der Waals surface area (Å²) in [5, 5.41) is 7.06. The minimum atomic E-state index is -0.170. The molecule has 1 amide bonds. The first-order valence-electron chi connectivity index (χ1n) is 8.59. The molecule has 3 rings (SSSR count). The maximum atomic E-state index is 12.2. The fourth-order valence-electron chi connectivity index (χ4n) is 2.89. The van der Waals surface area contributed by atoms with Crippen LogP contribution in [0.4, 0.5) is 0 Å². The number of amides is 1. The van der Waals surface area contributed by atoms with E-state index in [2.05, 4.69) is 20.4 Å². The zero-order chi connectivity index (χ0) is 17.6. The number of benzene rings is 1. The van der Waals surface area contributed by atoms with Crippen LogP contribution in [0.3, 0.4) is 0 Å². The summed E-state index contributed by atoms with van der Waals surface area (Å²) in [6.45, 7) is 4.28. The molecule has 1 atom stereocenters. The van der Waals surface area contributed by atoms with Crippen molar-refractivity contribution in [3.8, 4) is 0 Å². The summed E-state index contributed by atoms with van der Waals surface area (Å²) < 4.78 is 10.5. The fraction of sp³-hybridized carbons (Fsp3) is 0.500. The van der Waals surface area contributed by atoms with Crippen molar-refractivity contribution in [3.05, 3.63) is 47.6 Å². The zero-order valence-electron chi connectivity index (χ0n) is 14.6. The van der Waals surface area contributed by atoms with E-state index >= 15 is 0 Å². The molecule has 0 saturated carbocycles. The van der Waals surface area contributed by atoms with E-state index < -0.39 is 0 Å². The number of nitrogens with one attached hydrogen (secondary N) is 1. The number of ether oxygens (including phenoxy) is 1. The molecule has 1 saturated heterocycles. The average Bonchev–Trinajstić information content (AvgIpc) is 3.12. The molecular weight excluding hydrogens is 320 g/mol. The van der Waals surface area contributed by atoms with Crippen molar-refractivity contribution in [2.75, 3.05) is 20.2 Å². The van der Waals surface area contributed by atoms with E-state index in [1.807, 2.05) is 37.3 Å². The molecule has 1 aromatic carbocycles. The van der Waals surface area contributed by atoms with E-state index in [1.54, 1.807) is 7.11 Å². The third kappa shape index (κ3) is 4.64. The van der Waals surface area contributed by atoms with Gasteiger partial charge in [-0.25, -0.2) is 0 Å². The summed E-state index contributed by atoms with van der Waals surface area (Å²) in [7, 11) is 1.62. The smallest absolute Gasteiger partial charge is 0.251 e. The van der Waals surface area contributed by atoms with E-state index in [-0.39, 0.29) is 18.1 Å². The van der Waals surface area contributed by atoms with Crippen LogP contribution < -0.4 is 5.32 Å². The molecule has 0 aliphatic carbocycles. The molecule has 1 aromatic heterocycles. The summed E-state index contributed by atoms with van der Waals surface area (Å²) in [6.07, 6.45) is 1.65. The van der Waals surface area contributed by atoms with Crippen molar-refractivity contribution in [1.82, 2.24) is 20.4 Å². The van der Waals surface area contributed by atoms with Gasteiger partial charge >= 0.3 is 0 Å². The van der Waals surface area contributed by atoms with Gasteiger partial charge in [0, 0.05) is 31.8 Å². The lowest BCUT2D eigenvalue weighted by Crippen LogP contribution is -2.44. The van der Waals surface area contributed by atoms with Gasteiger partial charge < -0.3 is 14.6 Å². The second-order valence-electron chi connectivity index (χ2n) is 6.31. The first kappa shape index (κ1) is 17.6. The van der Waals surface area contributed by atoms with Crippen LogP contribution in [0, 0.1) is 0 Å². The van der Waals surface area contributed by atoms with Crippen LogP contribution in [0.15, 0.2) is 34.9 Å². The Morgan fingerprint density at radius 1 is 1.36 bits per heavy atom. The second kappa shape index (κ2) is 8.22. The van der Waals surface area contributed by atoms with Gasteiger partial charge in [0.25, 0.3) is 5.91 Å². The molecule has 0 radical (unpaired) electrons. The fourth-order valence-corrected chi connectivity index (χ4v) is 2.89. The predicted molar refractivity (Wildman–Crippen MR) is 91.9 cm³/mol. The number of hydrogen-bond acceptors (Lipinski definition) is 6. The van der Waals surface area contributed by atoms with Crippen LogP contribution in [-0.4, -0.2) is 47.2 Å². The number of likely N-dealkylation sites (tertiary alicyclic amines) is 1. The maximum Gasteiger partial charge on any atom is 0.251 e. The monoisotopic (exact) mass is 344 g/mol. The third-order valence-corrected chi connectivity index (χ3v) is 4.52. The minimum Gasteiger partial charge on any atom is -0.374 e. The van der Waals surface area contributed by atoms with Crippen LogP contribution in [0.2, 0.25) is 0 Å². The van der Waals surface area contributed by atoms with Gasteiger partial charge in [-0.1, -0.05) is 23.4 Å². The van der Waals surface area contributed by atoms with Gasteiger partial charge in [0.05, 0.1) is 6.54 Å². The molecular formula is C18H24N4O3. The summed E-state index contributed by atoms with van der Waals surface area (Å²) in [4.78, 5) is 18.8. The van der Waals surface area contributed by atoms with Crippen LogP contribution in [0.5, 0.6) is 0 Å². The molecule has 2 aromatic rings. The molecule has 0 bridgehead atoms. The lowest BCUT2D eigenvalue weighted by molar-refractivity contribution is 0.0904. The molecule has 1 aliphatic rings.